The number of benzene rings is 2. The smallest absolute Gasteiger partial charge is 0.419 e. The number of rotatable bonds is 5. The molecule has 4 rings (SSSR count). The molecule has 4 aromatic rings. The van der Waals surface area contributed by atoms with Crippen molar-refractivity contribution in [2.24, 2.45) is 0 Å². The van der Waals surface area contributed by atoms with Gasteiger partial charge >= 0.3 is 6.18 Å². The van der Waals surface area contributed by atoms with Gasteiger partial charge in [0.05, 0.1) is 5.56 Å². The zero-order valence-corrected chi connectivity index (χ0v) is 16.0. The zero-order chi connectivity index (χ0) is 21.1. The Balaban J connectivity index is 1.64. The maximum atomic E-state index is 14.3. The highest BCUT2D eigenvalue weighted by Crippen LogP contribution is 2.40. The molecule has 1 N–H and O–H groups in total. The van der Waals surface area contributed by atoms with Gasteiger partial charge < -0.3 is 10.1 Å². The number of hydrogen-bond acceptors (Lipinski definition) is 5. The van der Waals surface area contributed by atoms with Gasteiger partial charge in [-0.3, -0.25) is 4.98 Å². The number of halogens is 4. The number of thiazole rings is 1. The minimum Gasteiger partial charge on any atom is -0.457 e. The number of nitrogens with zero attached hydrogens (tertiary/aromatic N) is 2. The van der Waals surface area contributed by atoms with Crippen molar-refractivity contribution in [3.8, 4) is 22.8 Å². The third-order valence-electron chi connectivity index (χ3n) is 4.03. The Hall–Kier alpha value is -3.46. The lowest BCUT2D eigenvalue weighted by Gasteiger charge is -2.15. The summed E-state index contributed by atoms with van der Waals surface area (Å²) in [6, 6.07) is 14.8. The van der Waals surface area contributed by atoms with E-state index in [1.165, 1.54) is 18.3 Å². The summed E-state index contributed by atoms with van der Waals surface area (Å²) < 4.78 is 59.9. The summed E-state index contributed by atoms with van der Waals surface area (Å²) in [5.41, 5.74) is -0.0261. The van der Waals surface area contributed by atoms with Gasteiger partial charge in [0.15, 0.2) is 5.13 Å². The van der Waals surface area contributed by atoms with E-state index in [1.54, 1.807) is 48.7 Å². The highest BCUT2D eigenvalue weighted by atomic mass is 32.1. The van der Waals surface area contributed by atoms with Crippen molar-refractivity contribution in [1.82, 2.24) is 9.97 Å². The van der Waals surface area contributed by atoms with E-state index in [2.05, 4.69) is 15.3 Å². The van der Waals surface area contributed by atoms with Crippen LogP contribution in [-0.4, -0.2) is 9.97 Å². The average Bonchev–Trinajstić information content (AvgIpc) is 3.09. The average molecular weight is 431 g/mol. The van der Waals surface area contributed by atoms with Crippen molar-refractivity contribution in [3.05, 3.63) is 83.8 Å². The summed E-state index contributed by atoms with van der Waals surface area (Å²) in [6.45, 7) is 0. The van der Waals surface area contributed by atoms with Crippen LogP contribution in [0.25, 0.3) is 11.3 Å². The number of aromatic nitrogens is 2. The second-order valence-electron chi connectivity index (χ2n) is 6.13. The first-order valence-electron chi connectivity index (χ1n) is 8.68. The summed E-state index contributed by atoms with van der Waals surface area (Å²) in [5, 5.41) is 2.50. The van der Waals surface area contributed by atoms with Crippen LogP contribution in [0.1, 0.15) is 5.56 Å². The van der Waals surface area contributed by atoms with Gasteiger partial charge in [-0.2, -0.15) is 17.6 Å². The fourth-order valence-corrected chi connectivity index (χ4v) is 3.43. The molecule has 4 nitrogen and oxygen atoms in total. The lowest BCUT2D eigenvalue weighted by Crippen LogP contribution is -2.07. The second kappa shape index (κ2) is 8.11. The van der Waals surface area contributed by atoms with Crippen molar-refractivity contribution < 1.29 is 22.3 Å². The van der Waals surface area contributed by atoms with Gasteiger partial charge in [-0.15, -0.1) is 0 Å². The fourth-order valence-electron chi connectivity index (χ4n) is 2.69. The number of pyridine rings is 1. The molecule has 0 aliphatic heterocycles. The molecule has 0 amide bonds. The fraction of sp³-hybridized carbons (Fsp3) is 0.0476. The summed E-state index contributed by atoms with van der Waals surface area (Å²) >= 11 is 0.744. The molecule has 0 atom stereocenters. The molecule has 9 heteroatoms. The van der Waals surface area contributed by atoms with Gasteiger partial charge in [0.25, 0.3) is 0 Å². The Labute approximate surface area is 172 Å². The van der Waals surface area contributed by atoms with Gasteiger partial charge in [-0.1, -0.05) is 29.5 Å². The molecule has 0 radical (unpaired) electrons. The number of anilines is 2. The van der Waals surface area contributed by atoms with Crippen LogP contribution in [0.3, 0.4) is 0 Å². The van der Waals surface area contributed by atoms with Crippen molar-refractivity contribution in [2.45, 2.75) is 6.18 Å². The monoisotopic (exact) mass is 431 g/mol. The Morgan fingerprint density at radius 1 is 0.967 bits per heavy atom. The first-order valence-corrected chi connectivity index (χ1v) is 9.50. The van der Waals surface area contributed by atoms with Gasteiger partial charge in [0.2, 0.25) is 5.13 Å². The van der Waals surface area contributed by atoms with Crippen LogP contribution in [-0.2, 0) is 6.18 Å². The Kier molecular flexibility index (Phi) is 5.37. The predicted octanol–water partition coefficient (Wildman–Crippen LogP) is 6.90. The van der Waals surface area contributed by atoms with Crippen LogP contribution in [0.5, 0.6) is 11.5 Å². The molecule has 152 valence electrons. The highest BCUT2D eigenvalue weighted by molar-refractivity contribution is 7.14. The molecule has 0 unspecified atom stereocenters. The summed E-state index contributed by atoms with van der Waals surface area (Å²) in [4.78, 5) is 8.12. The highest BCUT2D eigenvalue weighted by Gasteiger charge is 2.34. The molecular weight excluding hydrogens is 418 g/mol. The first-order chi connectivity index (χ1) is 14.4. The van der Waals surface area contributed by atoms with E-state index in [9.17, 15) is 17.6 Å². The third kappa shape index (κ3) is 4.41. The number of hydrogen-bond donors (Lipinski definition) is 1. The molecule has 0 spiro atoms. The SMILES string of the molecule is Fc1sc(Nc2ccc(C(F)(F)F)c(Oc3ccccc3)c2)nc1-c1cccnc1. The second-order valence-corrected chi connectivity index (χ2v) is 7.08. The van der Waals surface area contributed by atoms with E-state index < -0.39 is 16.9 Å². The maximum Gasteiger partial charge on any atom is 0.419 e. The Morgan fingerprint density at radius 2 is 1.77 bits per heavy atom. The van der Waals surface area contributed by atoms with Gasteiger partial charge in [-0.05, 0) is 36.4 Å². The van der Waals surface area contributed by atoms with Crippen LogP contribution < -0.4 is 10.1 Å². The minimum atomic E-state index is -4.59. The number of nitrogens with one attached hydrogen (secondary N) is 1. The zero-order valence-electron chi connectivity index (χ0n) is 15.2. The number of ether oxygens (including phenoxy) is 1. The quantitative estimate of drug-likeness (QED) is 0.349. The molecule has 0 fully saturated rings. The van der Waals surface area contributed by atoms with Crippen LogP contribution in [0, 0.1) is 5.13 Å². The summed E-state index contributed by atoms with van der Waals surface area (Å²) in [5.74, 6) is -0.109. The normalized spacial score (nSPS) is 11.3. The lowest BCUT2D eigenvalue weighted by molar-refractivity contribution is -0.138. The predicted molar refractivity (Wildman–Crippen MR) is 107 cm³/mol. The molecule has 0 saturated carbocycles. The van der Waals surface area contributed by atoms with Crippen molar-refractivity contribution in [2.75, 3.05) is 5.32 Å². The van der Waals surface area contributed by atoms with E-state index in [1.807, 2.05) is 0 Å². The third-order valence-corrected chi connectivity index (χ3v) is 4.79. The van der Waals surface area contributed by atoms with E-state index in [4.69, 9.17) is 4.74 Å². The molecule has 30 heavy (non-hydrogen) atoms. The topological polar surface area (TPSA) is 47.0 Å². The largest absolute Gasteiger partial charge is 0.457 e. The van der Waals surface area contributed by atoms with E-state index in [-0.39, 0.29) is 28.0 Å². The molecular formula is C21H13F4N3OS. The van der Waals surface area contributed by atoms with Crippen LogP contribution >= 0.6 is 11.3 Å². The van der Waals surface area contributed by atoms with Crippen LogP contribution in [0.15, 0.2) is 73.1 Å². The van der Waals surface area contributed by atoms with Crippen molar-refractivity contribution in [1.29, 1.82) is 0 Å². The van der Waals surface area contributed by atoms with Crippen molar-refractivity contribution >= 4 is 22.2 Å². The maximum absolute atomic E-state index is 14.3. The number of alkyl halides is 3. The molecule has 2 heterocycles. The van der Waals surface area contributed by atoms with E-state index in [0.717, 1.165) is 17.4 Å². The summed E-state index contributed by atoms with van der Waals surface area (Å²) in [7, 11) is 0. The molecule has 0 aliphatic carbocycles. The van der Waals surface area contributed by atoms with Crippen molar-refractivity contribution in [3.63, 3.8) is 0 Å². The van der Waals surface area contributed by atoms with Crippen LogP contribution in [0.4, 0.5) is 28.4 Å². The summed E-state index contributed by atoms with van der Waals surface area (Å²) in [6.07, 6.45) is -1.56. The minimum absolute atomic E-state index is 0.114. The first kappa shape index (κ1) is 19.8. The molecule has 0 saturated heterocycles. The molecule has 0 aliphatic rings. The molecule has 2 aromatic heterocycles. The molecule has 2 aromatic carbocycles. The van der Waals surface area contributed by atoms with Gasteiger partial charge in [-0.25, -0.2) is 4.98 Å². The van der Waals surface area contributed by atoms with Gasteiger partial charge in [0.1, 0.15) is 17.2 Å². The lowest BCUT2D eigenvalue weighted by atomic mass is 10.1. The Morgan fingerprint density at radius 3 is 2.47 bits per heavy atom. The van der Waals surface area contributed by atoms with E-state index in [0.29, 0.717) is 5.56 Å². The number of para-hydroxylation sites is 1. The van der Waals surface area contributed by atoms with Gasteiger partial charge in [0, 0.05) is 29.7 Å². The molecule has 0 bridgehead atoms. The Bertz CT molecular complexity index is 1150. The van der Waals surface area contributed by atoms with E-state index >= 15 is 0 Å². The van der Waals surface area contributed by atoms with Crippen LogP contribution in [0.2, 0.25) is 0 Å². The standard InChI is InChI=1S/C21H13F4N3OS/c22-19-18(13-5-4-10-26-12-13)28-20(30-19)27-14-8-9-16(21(23,24)25)17(11-14)29-15-6-2-1-3-7-15/h1-12H,(H,27,28).